The summed E-state index contributed by atoms with van der Waals surface area (Å²) in [5.41, 5.74) is 2.77. The van der Waals surface area contributed by atoms with Gasteiger partial charge in [0.1, 0.15) is 0 Å². The summed E-state index contributed by atoms with van der Waals surface area (Å²) in [7, 11) is 3.94. The highest BCUT2D eigenvalue weighted by Gasteiger charge is 2.34. The Morgan fingerprint density at radius 1 is 1.04 bits per heavy atom. The molecule has 1 aliphatic rings. The molecule has 1 saturated heterocycles. The molecule has 0 saturated carbocycles. The van der Waals surface area contributed by atoms with Crippen molar-refractivity contribution in [2.24, 2.45) is 4.99 Å². The molecule has 0 aromatic heterocycles. The third-order valence-corrected chi connectivity index (χ3v) is 5.26. The van der Waals surface area contributed by atoms with Crippen molar-refractivity contribution in [1.29, 1.82) is 0 Å². The van der Waals surface area contributed by atoms with Gasteiger partial charge in [-0.3, -0.25) is 4.99 Å². The maximum absolute atomic E-state index is 5.64. The van der Waals surface area contributed by atoms with Gasteiger partial charge in [-0.15, -0.1) is 0 Å². The summed E-state index contributed by atoms with van der Waals surface area (Å²) in [6, 6.07) is 21.3. The van der Waals surface area contributed by atoms with Crippen LogP contribution in [0, 0.1) is 0 Å². The predicted molar refractivity (Wildman–Crippen MR) is 107 cm³/mol. The van der Waals surface area contributed by atoms with Crippen LogP contribution in [-0.4, -0.2) is 44.7 Å². The summed E-state index contributed by atoms with van der Waals surface area (Å²) in [4.78, 5) is 6.67. The summed E-state index contributed by atoms with van der Waals surface area (Å²) < 4.78 is 5.64. The second-order valence-electron chi connectivity index (χ2n) is 7.00. The Balaban J connectivity index is 1.69. The molecule has 138 valence electrons. The number of aliphatic imine (C=N–C) groups is 1. The van der Waals surface area contributed by atoms with Gasteiger partial charge >= 0.3 is 0 Å². The zero-order valence-electron chi connectivity index (χ0n) is 15.8. The Labute approximate surface area is 156 Å². The number of benzene rings is 2. The molecule has 1 heterocycles. The summed E-state index contributed by atoms with van der Waals surface area (Å²) in [5, 5.41) is 3.62. The summed E-state index contributed by atoms with van der Waals surface area (Å²) >= 11 is 0. The van der Waals surface area contributed by atoms with Gasteiger partial charge in [-0.25, -0.2) is 0 Å². The lowest BCUT2D eigenvalue weighted by Crippen LogP contribution is -2.48. The van der Waals surface area contributed by atoms with E-state index in [2.05, 4.69) is 76.9 Å². The van der Waals surface area contributed by atoms with E-state index in [-0.39, 0.29) is 5.41 Å². The van der Waals surface area contributed by atoms with Crippen LogP contribution in [0.2, 0.25) is 0 Å². The average molecular weight is 351 g/mol. The minimum Gasteiger partial charge on any atom is -0.381 e. The maximum Gasteiger partial charge on any atom is 0.193 e. The summed E-state index contributed by atoms with van der Waals surface area (Å²) in [5.74, 6) is 0.927. The highest BCUT2D eigenvalue weighted by atomic mass is 16.5. The van der Waals surface area contributed by atoms with E-state index in [1.165, 1.54) is 11.1 Å². The van der Waals surface area contributed by atoms with Crippen LogP contribution in [0.3, 0.4) is 0 Å². The molecular weight excluding hydrogens is 322 g/mol. The Morgan fingerprint density at radius 2 is 1.65 bits per heavy atom. The molecule has 0 radical (unpaired) electrons. The molecule has 4 nitrogen and oxygen atoms in total. The van der Waals surface area contributed by atoms with Gasteiger partial charge in [0.2, 0.25) is 0 Å². The van der Waals surface area contributed by atoms with Crippen molar-refractivity contribution < 1.29 is 4.74 Å². The SMILES string of the molecule is CN=C(NCC1(c2ccccc2)CCOCC1)N(C)Cc1ccccc1. The first-order valence-electron chi connectivity index (χ1n) is 9.32. The monoisotopic (exact) mass is 351 g/mol. The van der Waals surface area contributed by atoms with E-state index in [1.807, 2.05) is 13.1 Å². The van der Waals surface area contributed by atoms with Crippen LogP contribution in [0.25, 0.3) is 0 Å². The van der Waals surface area contributed by atoms with Gasteiger partial charge in [-0.05, 0) is 24.0 Å². The highest BCUT2D eigenvalue weighted by Crippen LogP contribution is 2.34. The normalized spacial score (nSPS) is 16.9. The fourth-order valence-corrected chi connectivity index (χ4v) is 3.69. The fraction of sp³-hybridized carbons (Fsp3) is 0.409. The number of rotatable bonds is 5. The molecular formula is C22H29N3O. The second-order valence-corrected chi connectivity index (χ2v) is 7.00. The van der Waals surface area contributed by atoms with Crippen molar-refractivity contribution in [2.75, 3.05) is 33.9 Å². The van der Waals surface area contributed by atoms with Gasteiger partial charge < -0.3 is 15.0 Å². The van der Waals surface area contributed by atoms with Crippen LogP contribution in [0.5, 0.6) is 0 Å². The molecule has 1 N–H and O–H groups in total. The molecule has 0 bridgehead atoms. The first kappa shape index (κ1) is 18.5. The van der Waals surface area contributed by atoms with Crippen LogP contribution >= 0.6 is 0 Å². The highest BCUT2D eigenvalue weighted by molar-refractivity contribution is 5.79. The minimum atomic E-state index is 0.100. The van der Waals surface area contributed by atoms with Crippen molar-refractivity contribution in [3.8, 4) is 0 Å². The smallest absolute Gasteiger partial charge is 0.193 e. The van der Waals surface area contributed by atoms with Crippen molar-refractivity contribution in [3.05, 3.63) is 71.8 Å². The van der Waals surface area contributed by atoms with Gasteiger partial charge in [0.15, 0.2) is 5.96 Å². The van der Waals surface area contributed by atoms with Gasteiger partial charge in [0.25, 0.3) is 0 Å². The summed E-state index contributed by atoms with van der Waals surface area (Å²) in [6.45, 7) is 3.33. The minimum absolute atomic E-state index is 0.100. The number of nitrogens with zero attached hydrogens (tertiary/aromatic N) is 2. The van der Waals surface area contributed by atoms with Crippen LogP contribution < -0.4 is 5.32 Å². The Bertz CT molecular complexity index is 694. The molecule has 1 fully saturated rings. The molecule has 1 aliphatic heterocycles. The van der Waals surface area contributed by atoms with Crippen molar-refractivity contribution in [3.63, 3.8) is 0 Å². The van der Waals surface area contributed by atoms with Crippen LogP contribution in [0.15, 0.2) is 65.7 Å². The van der Waals surface area contributed by atoms with Crippen LogP contribution in [0.1, 0.15) is 24.0 Å². The maximum atomic E-state index is 5.64. The number of hydrogen-bond donors (Lipinski definition) is 1. The Kier molecular flexibility index (Phi) is 6.29. The van der Waals surface area contributed by atoms with Gasteiger partial charge in [0, 0.05) is 45.8 Å². The van der Waals surface area contributed by atoms with Crippen LogP contribution in [-0.2, 0) is 16.7 Å². The third-order valence-electron chi connectivity index (χ3n) is 5.26. The molecule has 0 aliphatic carbocycles. The van der Waals surface area contributed by atoms with Gasteiger partial charge in [-0.1, -0.05) is 60.7 Å². The summed E-state index contributed by atoms with van der Waals surface area (Å²) in [6.07, 6.45) is 2.06. The Morgan fingerprint density at radius 3 is 2.27 bits per heavy atom. The molecule has 0 spiro atoms. The lowest BCUT2D eigenvalue weighted by atomic mass is 9.74. The lowest BCUT2D eigenvalue weighted by Gasteiger charge is -2.39. The standard InChI is InChI=1S/C22H29N3O/c1-23-21(25(2)17-19-9-5-3-6-10-19)24-18-22(13-15-26-16-14-22)20-11-7-4-8-12-20/h3-12H,13-18H2,1-2H3,(H,23,24). The molecule has 2 aromatic rings. The van der Waals surface area contributed by atoms with E-state index in [0.717, 1.165) is 45.1 Å². The van der Waals surface area contributed by atoms with Crippen molar-refractivity contribution in [1.82, 2.24) is 10.2 Å². The van der Waals surface area contributed by atoms with E-state index in [0.29, 0.717) is 0 Å². The number of nitrogens with one attached hydrogen (secondary N) is 1. The first-order chi connectivity index (χ1) is 12.7. The van der Waals surface area contributed by atoms with E-state index >= 15 is 0 Å². The first-order valence-corrected chi connectivity index (χ1v) is 9.32. The zero-order valence-corrected chi connectivity index (χ0v) is 15.8. The lowest BCUT2D eigenvalue weighted by molar-refractivity contribution is 0.0512. The van der Waals surface area contributed by atoms with E-state index in [4.69, 9.17) is 4.74 Å². The second kappa shape index (κ2) is 8.86. The third kappa shape index (κ3) is 4.44. The van der Waals surface area contributed by atoms with Gasteiger partial charge in [0.05, 0.1) is 0 Å². The number of guanidine groups is 1. The molecule has 2 aromatic carbocycles. The topological polar surface area (TPSA) is 36.9 Å². The molecule has 0 unspecified atom stereocenters. The largest absolute Gasteiger partial charge is 0.381 e. The quantitative estimate of drug-likeness (QED) is 0.662. The average Bonchev–Trinajstić information content (AvgIpc) is 2.70. The van der Waals surface area contributed by atoms with E-state index < -0.39 is 0 Å². The Hall–Kier alpha value is -2.33. The molecule has 0 amide bonds. The van der Waals surface area contributed by atoms with E-state index in [9.17, 15) is 0 Å². The van der Waals surface area contributed by atoms with Crippen molar-refractivity contribution in [2.45, 2.75) is 24.8 Å². The number of ether oxygens (including phenoxy) is 1. The van der Waals surface area contributed by atoms with E-state index in [1.54, 1.807) is 0 Å². The fourth-order valence-electron chi connectivity index (χ4n) is 3.69. The number of hydrogen-bond acceptors (Lipinski definition) is 2. The van der Waals surface area contributed by atoms with Gasteiger partial charge in [-0.2, -0.15) is 0 Å². The molecule has 0 atom stereocenters. The predicted octanol–water partition coefficient (Wildman–Crippen LogP) is 3.44. The molecule has 3 rings (SSSR count). The molecule has 26 heavy (non-hydrogen) atoms. The zero-order chi connectivity index (χ0) is 18.2. The molecule has 4 heteroatoms. The van der Waals surface area contributed by atoms with Crippen molar-refractivity contribution >= 4 is 5.96 Å². The van der Waals surface area contributed by atoms with Crippen LogP contribution in [0.4, 0.5) is 0 Å².